The van der Waals surface area contributed by atoms with Crippen molar-refractivity contribution in [1.82, 2.24) is 10.3 Å². The number of nitrogens with zero attached hydrogens (tertiary/aromatic N) is 1. The fourth-order valence-electron chi connectivity index (χ4n) is 2.60. The lowest BCUT2D eigenvalue weighted by atomic mass is 10.1. The highest BCUT2D eigenvalue weighted by Crippen LogP contribution is 2.22. The molecular formula is C14H22N4O2. The summed E-state index contributed by atoms with van der Waals surface area (Å²) in [6, 6.07) is 3.54. The Hall–Kier alpha value is -1.66. The van der Waals surface area contributed by atoms with Crippen LogP contribution in [0.1, 0.15) is 42.2 Å². The number of methoxy groups -OCH3 is 1. The number of nitrogens with one attached hydrogen (secondary N) is 2. The normalized spacial score (nSPS) is 21.8. The minimum atomic E-state index is -0.104. The van der Waals surface area contributed by atoms with E-state index in [0.29, 0.717) is 11.4 Å². The summed E-state index contributed by atoms with van der Waals surface area (Å²) in [5, 5.41) is 3.04. The van der Waals surface area contributed by atoms with Crippen molar-refractivity contribution in [2.24, 2.45) is 5.84 Å². The Labute approximate surface area is 119 Å². The number of carbonyl (C=O) groups excluding carboxylic acids is 1. The highest BCUT2D eigenvalue weighted by molar-refractivity contribution is 5.95. The van der Waals surface area contributed by atoms with Gasteiger partial charge in [0.1, 0.15) is 5.82 Å². The number of nitrogen functional groups attached to an aromatic ring is 1. The molecule has 0 aromatic carbocycles. The van der Waals surface area contributed by atoms with Gasteiger partial charge in [-0.25, -0.2) is 10.8 Å². The Kier molecular flexibility index (Phi) is 4.92. The van der Waals surface area contributed by atoms with Crippen LogP contribution in [0.3, 0.4) is 0 Å². The molecular weight excluding hydrogens is 256 g/mol. The molecule has 1 fully saturated rings. The number of nitrogens with two attached hydrogens (primary N) is 1. The largest absolute Gasteiger partial charge is 0.379 e. The molecule has 2 rings (SSSR count). The third-order valence-corrected chi connectivity index (χ3v) is 3.72. The van der Waals surface area contributed by atoms with Crippen LogP contribution in [0.5, 0.6) is 0 Å². The van der Waals surface area contributed by atoms with Crippen molar-refractivity contribution in [2.45, 2.75) is 44.8 Å². The van der Waals surface area contributed by atoms with Crippen LogP contribution in [0.25, 0.3) is 0 Å². The second-order valence-corrected chi connectivity index (χ2v) is 5.02. The van der Waals surface area contributed by atoms with Gasteiger partial charge in [-0.3, -0.25) is 4.79 Å². The lowest BCUT2D eigenvalue weighted by Gasteiger charge is -2.20. The summed E-state index contributed by atoms with van der Waals surface area (Å²) in [6.07, 6.45) is 3.89. The number of amides is 1. The molecule has 1 aromatic rings. The van der Waals surface area contributed by atoms with Crippen LogP contribution in [0.2, 0.25) is 0 Å². The van der Waals surface area contributed by atoms with E-state index in [4.69, 9.17) is 10.6 Å². The fourth-order valence-corrected chi connectivity index (χ4v) is 2.60. The molecule has 1 aliphatic carbocycles. The predicted molar refractivity (Wildman–Crippen MR) is 77.3 cm³/mol. The molecule has 1 saturated carbocycles. The van der Waals surface area contributed by atoms with E-state index in [9.17, 15) is 4.79 Å². The number of hydrogen-bond donors (Lipinski definition) is 3. The van der Waals surface area contributed by atoms with Crippen LogP contribution in [-0.4, -0.2) is 30.1 Å². The van der Waals surface area contributed by atoms with Gasteiger partial charge in [0, 0.05) is 18.4 Å². The Morgan fingerprint density at radius 2 is 2.30 bits per heavy atom. The third-order valence-electron chi connectivity index (χ3n) is 3.72. The Balaban J connectivity index is 2.12. The first-order chi connectivity index (χ1) is 9.67. The number of aromatic nitrogens is 1. The lowest BCUT2D eigenvalue weighted by molar-refractivity contribution is 0.0722. The smallest absolute Gasteiger partial charge is 0.251 e. The monoisotopic (exact) mass is 278 g/mol. The molecule has 0 aliphatic heterocycles. The molecule has 20 heavy (non-hydrogen) atoms. The summed E-state index contributed by atoms with van der Waals surface area (Å²) in [7, 11) is 1.69. The van der Waals surface area contributed by atoms with E-state index in [1.54, 1.807) is 19.2 Å². The van der Waals surface area contributed by atoms with Gasteiger partial charge in [0.05, 0.1) is 12.1 Å². The standard InChI is InChI=1S/C14H22N4O2/c1-3-10-7-9(8-13(16-10)18-15)14(19)17-11-5-4-6-12(11)20-2/h7-8,11-12H,3-6,15H2,1-2H3,(H,16,18)(H,17,19). The summed E-state index contributed by atoms with van der Waals surface area (Å²) in [6.45, 7) is 1.99. The summed E-state index contributed by atoms with van der Waals surface area (Å²) < 4.78 is 5.39. The van der Waals surface area contributed by atoms with Gasteiger partial charge >= 0.3 is 0 Å². The Morgan fingerprint density at radius 3 is 2.95 bits per heavy atom. The molecule has 0 bridgehead atoms. The summed E-state index contributed by atoms with van der Waals surface area (Å²) in [4.78, 5) is 16.6. The quantitative estimate of drug-likeness (QED) is 0.557. The van der Waals surface area contributed by atoms with E-state index in [1.165, 1.54) is 0 Å². The minimum Gasteiger partial charge on any atom is -0.379 e. The van der Waals surface area contributed by atoms with Gasteiger partial charge in [-0.05, 0) is 37.8 Å². The zero-order chi connectivity index (χ0) is 14.5. The molecule has 1 aromatic heterocycles. The third kappa shape index (κ3) is 3.26. The van der Waals surface area contributed by atoms with Crippen molar-refractivity contribution >= 4 is 11.7 Å². The highest BCUT2D eigenvalue weighted by Gasteiger charge is 2.28. The average Bonchev–Trinajstić information content (AvgIpc) is 2.93. The first-order valence-electron chi connectivity index (χ1n) is 6.99. The maximum absolute atomic E-state index is 12.3. The zero-order valence-electron chi connectivity index (χ0n) is 12.0. The maximum Gasteiger partial charge on any atom is 0.251 e. The first-order valence-corrected chi connectivity index (χ1v) is 6.99. The molecule has 1 aliphatic rings. The predicted octanol–water partition coefficient (Wildman–Crippen LogP) is 1.23. The number of hydrazine groups is 1. The molecule has 0 spiro atoms. The van der Waals surface area contributed by atoms with Crippen LogP contribution < -0.4 is 16.6 Å². The summed E-state index contributed by atoms with van der Waals surface area (Å²) >= 11 is 0. The number of carbonyl (C=O) groups is 1. The van der Waals surface area contributed by atoms with Crippen molar-refractivity contribution in [1.29, 1.82) is 0 Å². The van der Waals surface area contributed by atoms with E-state index in [1.807, 2.05) is 6.92 Å². The molecule has 6 nitrogen and oxygen atoms in total. The molecule has 0 radical (unpaired) electrons. The number of anilines is 1. The van der Waals surface area contributed by atoms with Crippen LogP contribution in [-0.2, 0) is 11.2 Å². The fraction of sp³-hybridized carbons (Fsp3) is 0.571. The molecule has 2 unspecified atom stereocenters. The number of pyridine rings is 1. The second-order valence-electron chi connectivity index (χ2n) is 5.02. The van der Waals surface area contributed by atoms with Crippen LogP contribution in [0, 0.1) is 0 Å². The number of rotatable bonds is 5. The molecule has 0 saturated heterocycles. The van der Waals surface area contributed by atoms with Crippen molar-refractivity contribution < 1.29 is 9.53 Å². The van der Waals surface area contributed by atoms with E-state index in [-0.39, 0.29) is 18.1 Å². The Morgan fingerprint density at radius 1 is 1.50 bits per heavy atom. The Bertz CT molecular complexity index is 456. The van der Waals surface area contributed by atoms with Gasteiger partial charge in [0.2, 0.25) is 0 Å². The second kappa shape index (κ2) is 6.67. The van der Waals surface area contributed by atoms with Gasteiger partial charge in [0.15, 0.2) is 0 Å². The van der Waals surface area contributed by atoms with Gasteiger partial charge in [-0.15, -0.1) is 0 Å². The molecule has 1 amide bonds. The molecule has 2 atom stereocenters. The van der Waals surface area contributed by atoms with E-state index in [2.05, 4.69) is 15.7 Å². The average molecular weight is 278 g/mol. The lowest BCUT2D eigenvalue weighted by Crippen LogP contribution is -2.40. The van der Waals surface area contributed by atoms with Crippen molar-refractivity contribution in [3.8, 4) is 0 Å². The molecule has 6 heteroatoms. The van der Waals surface area contributed by atoms with Crippen molar-refractivity contribution in [2.75, 3.05) is 12.5 Å². The summed E-state index contributed by atoms with van der Waals surface area (Å²) in [5.74, 6) is 5.79. The zero-order valence-corrected chi connectivity index (χ0v) is 12.0. The maximum atomic E-state index is 12.3. The number of hydrogen-bond acceptors (Lipinski definition) is 5. The molecule has 4 N–H and O–H groups in total. The topological polar surface area (TPSA) is 89.3 Å². The van der Waals surface area contributed by atoms with E-state index >= 15 is 0 Å². The van der Waals surface area contributed by atoms with E-state index in [0.717, 1.165) is 31.4 Å². The van der Waals surface area contributed by atoms with E-state index < -0.39 is 0 Å². The summed E-state index contributed by atoms with van der Waals surface area (Å²) in [5.41, 5.74) is 3.90. The number of aryl methyl sites for hydroxylation is 1. The molecule has 1 heterocycles. The van der Waals surface area contributed by atoms with Gasteiger partial charge < -0.3 is 15.5 Å². The van der Waals surface area contributed by atoms with Crippen LogP contribution in [0.4, 0.5) is 5.82 Å². The first kappa shape index (κ1) is 14.7. The van der Waals surface area contributed by atoms with Gasteiger partial charge in [0.25, 0.3) is 5.91 Å². The van der Waals surface area contributed by atoms with Gasteiger partial charge in [-0.1, -0.05) is 6.92 Å². The van der Waals surface area contributed by atoms with Crippen LogP contribution >= 0.6 is 0 Å². The minimum absolute atomic E-state index is 0.0834. The van der Waals surface area contributed by atoms with Gasteiger partial charge in [-0.2, -0.15) is 0 Å². The van der Waals surface area contributed by atoms with Crippen molar-refractivity contribution in [3.05, 3.63) is 23.4 Å². The van der Waals surface area contributed by atoms with Crippen LogP contribution in [0.15, 0.2) is 12.1 Å². The molecule has 110 valence electrons. The highest BCUT2D eigenvalue weighted by atomic mass is 16.5. The number of ether oxygens (including phenoxy) is 1. The van der Waals surface area contributed by atoms with Crippen molar-refractivity contribution in [3.63, 3.8) is 0 Å². The SMILES string of the molecule is CCc1cc(C(=O)NC2CCCC2OC)cc(NN)n1.